The van der Waals surface area contributed by atoms with Gasteiger partial charge in [0.15, 0.2) is 5.82 Å². The molecule has 76 valence electrons. The lowest BCUT2D eigenvalue weighted by Crippen LogP contribution is -1.90. The van der Waals surface area contributed by atoms with E-state index in [1.54, 1.807) is 12.4 Å². The molecular weight excluding hydrogens is 184 g/mol. The summed E-state index contributed by atoms with van der Waals surface area (Å²) in [6.45, 7) is 4.37. The lowest BCUT2D eigenvalue weighted by Gasteiger charge is -2.06. The van der Waals surface area contributed by atoms with Gasteiger partial charge in [0.2, 0.25) is 0 Å². The third-order valence-corrected chi connectivity index (χ3v) is 2.38. The summed E-state index contributed by atoms with van der Waals surface area (Å²) in [5, 5.41) is 0. The van der Waals surface area contributed by atoms with Gasteiger partial charge in [-0.05, 0) is 23.6 Å². The van der Waals surface area contributed by atoms with Crippen LogP contribution in [0.25, 0.3) is 11.4 Å². The van der Waals surface area contributed by atoms with Crippen LogP contribution in [0.1, 0.15) is 25.3 Å². The summed E-state index contributed by atoms with van der Waals surface area (Å²) in [7, 11) is 0. The number of benzene rings is 1. The second kappa shape index (κ2) is 4.22. The van der Waals surface area contributed by atoms with E-state index in [0.717, 1.165) is 11.4 Å². The van der Waals surface area contributed by atoms with Crippen molar-refractivity contribution in [2.45, 2.75) is 19.8 Å². The number of rotatable bonds is 2. The molecule has 0 aliphatic heterocycles. The Hall–Kier alpha value is -1.70. The van der Waals surface area contributed by atoms with Crippen molar-refractivity contribution in [2.24, 2.45) is 0 Å². The summed E-state index contributed by atoms with van der Waals surface area (Å²) in [6.07, 6.45) is 3.54. The first-order valence-corrected chi connectivity index (χ1v) is 5.15. The van der Waals surface area contributed by atoms with Gasteiger partial charge < -0.3 is 0 Å². The van der Waals surface area contributed by atoms with Gasteiger partial charge in [-0.15, -0.1) is 0 Å². The van der Waals surface area contributed by atoms with Crippen LogP contribution in [0.5, 0.6) is 0 Å². The van der Waals surface area contributed by atoms with Gasteiger partial charge >= 0.3 is 0 Å². The van der Waals surface area contributed by atoms with Crippen molar-refractivity contribution in [1.29, 1.82) is 0 Å². The molecule has 0 bridgehead atoms. The fraction of sp³-hybridized carbons (Fsp3) is 0.231. The fourth-order valence-corrected chi connectivity index (χ4v) is 1.49. The summed E-state index contributed by atoms with van der Waals surface area (Å²) >= 11 is 0. The van der Waals surface area contributed by atoms with Crippen LogP contribution in [0.3, 0.4) is 0 Å². The minimum Gasteiger partial charge on any atom is -0.237 e. The van der Waals surface area contributed by atoms with Crippen LogP contribution in [0.2, 0.25) is 0 Å². The molecule has 1 aromatic heterocycles. The van der Waals surface area contributed by atoms with E-state index in [2.05, 4.69) is 42.0 Å². The third-order valence-electron chi connectivity index (χ3n) is 2.38. The highest BCUT2D eigenvalue weighted by atomic mass is 14.8. The van der Waals surface area contributed by atoms with Gasteiger partial charge in [0.25, 0.3) is 0 Å². The minimum atomic E-state index is 0.536. The quantitative estimate of drug-likeness (QED) is 0.740. The highest BCUT2D eigenvalue weighted by Crippen LogP contribution is 2.20. The zero-order valence-corrected chi connectivity index (χ0v) is 9.01. The maximum absolute atomic E-state index is 4.24. The molecule has 1 heterocycles. The Labute approximate surface area is 90.0 Å². The standard InChI is InChI=1S/C13H14N2/c1-10(2)11-5-3-6-12(9-11)13-14-7-4-8-15-13/h3-10H,1-2H3. The van der Waals surface area contributed by atoms with Crippen LogP contribution >= 0.6 is 0 Å². The second-order valence-corrected chi connectivity index (χ2v) is 3.85. The van der Waals surface area contributed by atoms with Crippen molar-refractivity contribution < 1.29 is 0 Å². The SMILES string of the molecule is CC(C)c1cccc(-c2ncccn2)c1. The van der Waals surface area contributed by atoms with Crippen LogP contribution in [0.15, 0.2) is 42.7 Å². The van der Waals surface area contributed by atoms with Crippen molar-refractivity contribution in [3.05, 3.63) is 48.3 Å². The van der Waals surface area contributed by atoms with Crippen LogP contribution in [-0.2, 0) is 0 Å². The summed E-state index contributed by atoms with van der Waals surface area (Å²) in [6, 6.07) is 10.2. The van der Waals surface area contributed by atoms with Crippen molar-refractivity contribution in [3.8, 4) is 11.4 Å². The van der Waals surface area contributed by atoms with E-state index < -0.39 is 0 Å². The molecule has 2 nitrogen and oxygen atoms in total. The van der Waals surface area contributed by atoms with Gasteiger partial charge in [-0.2, -0.15) is 0 Å². The number of hydrogen-bond acceptors (Lipinski definition) is 2. The van der Waals surface area contributed by atoms with Gasteiger partial charge in [-0.3, -0.25) is 0 Å². The van der Waals surface area contributed by atoms with Gasteiger partial charge in [-0.25, -0.2) is 9.97 Å². The molecule has 0 amide bonds. The molecule has 0 saturated carbocycles. The van der Waals surface area contributed by atoms with Crippen molar-refractivity contribution in [3.63, 3.8) is 0 Å². The molecule has 0 spiro atoms. The van der Waals surface area contributed by atoms with Crippen molar-refractivity contribution in [2.75, 3.05) is 0 Å². The largest absolute Gasteiger partial charge is 0.237 e. The number of hydrogen-bond donors (Lipinski definition) is 0. The molecule has 0 N–H and O–H groups in total. The van der Waals surface area contributed by atoms with Crippen LogP contribution in [0.4, 0.5) is 0 Å². The van der Waals surface area contributed by atoms with E-state index in [0.29, 0.717) is 5.92 Å². The molecule has 0 saturated heterocycles. The first-order valence-electron chi connectivity index (χ1n) is 5.15. The molecule has 0 atom stereocenters. The first kappa shape index (κ1) is 9.84. The van der Waals surface area contributed by atoms with E-state index in [9.17, 15) is 0 Å². The molecule has 2 rings (SSSR count). The van der Waals surface area contributed by atoms with Crippen LogP contribution in [0, 0.1) is 0 Å². The van der Waals surface area contributed by atoms with E-state index >= 15 is 0 Å². The molecule has 0 unspecified atom stereocenters. The molecule has 2 heteroatoms. The van der Waals surface area contributed by atoms with Gasteiger partial charge in [-0.1, -0.05) is 32.0 Å². The Kier molecular flexibility index (Phi) is 2.77. The monoisotopic (exact) mass is 198 g/mol. The lowest BCUT2D eigenvalue weighted by atomic mass is 10.0. The van der Waals surface area contributed by atoms with E-state index in [1.807, 2.05) is 12.1 Å². The average molecular weight is 198 g/mol. The zero-order valence-electron chi connectivity index (χ0n) is 9.01. The van der Waals surface area contributed by atoms with Crippen LogP contribution in [-0.4, -0.2) is 9.97 Å². The Morgan fingerprint density at radius 2 is 1.73 bits per heavy atom. The van der Waals surface area contributed by atoms with Crippen LogP contribution < -0.4 is 0 Å². The summed E-state index contributed by atoms with van der Waals surface area (Å²) in [5.74, 6) is 1.33. The Morgan fingerprint density at radius 3 is 2.40 bits per heavy atom. The third kappa shape index (κ3) is 2.21. The molecule has 2 aromatic rings. The van der Waals surface area contributed by atoms with Crippen molar-refractivity contribution in [1.82, 2.24) is 9.97 Å². The molecule has 0 aliphatic rings. The van der Waals surface area contributed by atoms with Gasteiger partial charge in [0.05, 0.1) is 0 Å². The molecular formula is C13H14N2. The minimum absolute atomic E-state index is 0.536. The number of aromatic nitrogens is 2. The molecule has 1 aromatic carbocycles. The van der Waals surface area contributed by atoms with Crippen molar-refractivity contribution >= 4 is 0 Å². The highest BCUT2D eigenvalue weighted by molar-refractivity contribution is 5.55. The molecule has 15 heavy (non-hydrogen) atoms. The first-order chi connectivity index (χ1) is 7.27. The second-order valence-electron chi connectivity index (χ2n) is 3.85. The molecule has 0 fully saturated rings. The molecule has 0 aliphatic carbocycles. The predicted octanol–water partition coefficient (Wildman–Crippen LogP) is 3.27. The summed E-state index contributed by atoms with van der Waals surface area (Å²) in [5.41, 5.74) is 2.40. The Balaban J connectivity index is 2.42. The zero-order chi connectivity index (χ0) is 10.7. The van der Waals surface area contributed by atoms with E-state index in [-0.39, 0.29) is 0 Å². The van der Waals surface area contributed by atoms with E-state index in [1.165, 1.54) is 5.56 Å². The number of nitrogens with zero attached hydrogens (tertiary/aromatic N) is 2. The highest BCUT2D eigenvalue weighted by Gasteiger charge is 2.03. The maximum atomic E-state index is 4.24. The Bertz CT molecular complexity index is 435. The topological polar surface area (TPSA) is 25.8 Å². The molecule has 0 radical (unpaired) electrons. The van der Waals surface area contributed by atoms with Gasteiger partial charge in [0.1, 0.15) is 0 Å². The normalized spacial score (nSPS) is 10.6. The Morgan fingerprint density at radius 1 is 1.00 bits per heavy atom. The predicted molar refractivity (Wildman–Crippen MR) is 61.6 cm³/mol. The summed E-state index contributed by atoms with van der Waals surface area (Å²) < 4.78 is 0. The maximum Gasteiger partial charge on any atom is 0.159 e. The lowest BCUT2D eigenvalue weighted by molar-refractivity contribution is 0.867. The smallest absolute Gasteiger partial charge is 0.159 e. The fourth-order valence-electron chi connectivity index (χ4n) is 1.49. The average Bonchev–Trinajstić information content (AvgIpc) is 2.30. The van der Waals surface area contributed by atoms with E-state index in [4.69, 9.17) is 0 Å². The summed E-state index contributed by atoms with van der Waals surface area (Å²) in [4.78, 5) is 8.48. The van der Waals surface area contributed by atoms with Gasteiger partial charge in [0, 0.05) is 18.0 Å².